The molecule has 0 heterocycles. The Morgan fingerprint density at radius 1 is 1.36 bits per heavy atom. The van der Waals surface area contributed by atoms with Crippen LogP contribution in [0.15, 0.2) is 0 Å². The van der Waals surface area contributed by atoms with E-state index in [1.54, 1.807) is 6.92 Å². The molecule has 1 aliphatic carbocycles. The molecule has 0 atom stereocenters. The van der Waals surface area contributed by atoms with Crippen molar-refractivity contribution < 1.29 is 19.1 Å². The van der Waals surface area contributed by atoms with Crippen molar-refractivity contribution in [3.05, 3.63) is 0 Å². The van der Waals surface area contributed by atoms with E-state index in [1.807, 2.05) is 0 Å². The quantitative estimate of drug-likeness (QED) is 0.641. The molecule has 1 fully saturated rings. The van der Waals surface area contributed by atoms with Gasteiger partial charge in [0.25, 0.3) is 0 Å². The van der Waals surface area contributed by atoms with Gasteiger partial charge in [-0.15, -0.1) is 0 Å². The second-order valence-electron chi connectivity index (χ2n) is 3.46. The van der Waals surface area contributed by atoms with Gasteiger partial charge in [0.15, 0.2) is 0 Å². The fourth-order valence-corrected chi connectivity index (χ4v) is 1.81. The lowest BCUT2D eigenvalue weighted by molar-refractivity contribution is -0.166. The Morgan fingerprint density at radius 3 is 2.50 bits per heavy atom. The fourth-order valence-electron chi connectivity index (χ4n) is 1.81. The molecule has 0 spiro atoms. The summed E-state index contributed by atoms with van der Waals surface area (Å²) in [4.78, 5) is 21.8. The molecule has 4 heteroatoms. The molecule has 0 N–H and O–H groups in total. The highest BCUT2D eigenvalue weighted by molar-refractivity contribution is 5.81. The monoisotopic (exact) mass is 199 g/mol. The van der Waals surface area contributed by atoms with Crippen LogP contribution in [0.2, 0.25) is 0 Å². The van der Waals surface area contributed by atoms with Crippen molar-refractivity contribution in [3.63, 3.8) is 0 Å². The maximum atomic E-state index is 11.6. The van der Waals surface area contributed by atoms with Crippen molar-refractivity contribution in [1.82, 2.24) is 0 Å². The zero-order valence-corrected chi connectivity index (χ0v) is 8.38. The average molecular weight is 199 g/mol. The summed E-state index contributed by atoms with van der Waals surface area (Å²) in [6.45, 7) is 3.41. The Morgan fingerprint density at radius 2 is 2.00 bits per heavy atom. The lowest BCUT2D eigenvalue weighted by Crippen LogP contribution is -2.44. The minimum atomic E-state index is -1.05. The van der Waals surface area contributed by atoms with E-state index >= 15 is 0 Å². The van der Waals surface area contributed by atoms with E-state index in [2.05, 4.69) is 0 Å². The molecule has 0 aromatic heterocycles. The second-order valence-corrected chi connectivity index (χ2v) is 3.46. The summed E-state index contributed by atoms with van der Waals surface area (Å²) in [6, 6.07) is 0. The second kappa shape index (κ2) is 4.98. The van der Waals surface area contributed by atoms with Gasteiger partial charge in [-0.1, -0.05) is 6.42 Å². The maximum Gasteiger partial charge on any atom is 0.418 e. The third-order valence-corrected chi connectivity index (χ3v) is 2.55. The number of ether oxygens (including phenoxy) is 2. The third-order valence-electron chi connectivity index (χ3n) is 2.55. The Hall–Kier alpha value is -1.06. The van der Waals surface area contributed by atoms with Gasteiger partial charge in [-0.2, -0.15) is 0 Å². The average Bonchev–Trinajstić information content (AvgIpc) is 2.20. The summed E-state index contributed by atoms with van der Waals surface area (Å²) in [6.07, 6.45) is 3.96. The highest BCUT2D eigenvalue weighted by atomic mass is 16.6. The van der Waals surface area contributed by atoms with E-state index in [0.717, 1.165) is 19.3 Å². The Bertz CT molecular complexity index is 206. The predicted molar refractivity (Wildman–Crippen MR) is 49.2 cm³/mol. The number of esters is 1. The first-order valence-electron chi connectivity index (χ1n) is 4.97. The number of hydrogen-bond donors (Lipinski definition) is 0. The van der Waals surface area contributed by atoms with Gasteiger partial charge in [0.2, 0.25) is 5.60 Å². The van der Waals surface area contributed by atoms with Crippen LogP contribution in [0.1, 0.15) is 39.0 Å². The van der Waals surface area contributed by atoms with Crippen LogP contribution in [0.3, 0.4) is 0 Å². The molecule has 0 aromatic carbocycles. The smallest absolute Gasteiger partial charge is 0.418 e. The molecule has 79 valence electrons. The van der Waals surface area contributed by atoms with E-state index in [-0.39, 0.29) is 0 Å². The van der Waals surface area contributed by atoms with E-state index in [9.17, 15) is 9.59 Å². The molecule has 1 aliphatic rings. The van der Waals surface area contributed by atoms with Gasteiger partial charge in [-0.3, -0.25) is 0 Å². The molecule has 0 aliphatic heterocycles. The van der Waals surface area contributed by atoms with Crippen molar-refractivity contribution in [2.75, 3.05) is 6.61 Å². The maximum absolute atomic E-state index is 11.6. The van der Waals surface area contributed by atoms with Crippen LogP contribution in [0.4, 0.5) is 0 Å². The van der Waals surface area contributed by atoms with Crippen molar-refractivity contribution in [2.24, 2.45) is 0 Å². The van der Waals surface area contributed by atoms with Crippen molar-refractivity contribution in [3.8, 4) is 0 Å². The van der Waals surface area contributed by atoms with Crippen LogP contribution in [-0.4, -0.2) is 24.6 Å². The highest BCUT2D eigenvalue weighted by Crippen LogP contribution is 2.32. The van der Waals surface area contributed by atoms with Gasteiger partial charge in [0.05, 0.1) is 6.61 Å². The lowest BCUT2D eigenvalue weighted by Gasteiger charge is -2.32. The molecule has 0 saturated heterocycles. The van der Waals surface area contributed by atoms with Crippen LogP contribution in [-0.2, 0) is 19.1 Å². The summed E-state index contributed by atoms with van der Waals surface area (Å²) in [5.41, 5.74) is -1.05. The van der Waals surface area contributed by atoms with Crippen LogP contribution < -0.4 is 0 Å². The van der Waals surface area contributed by atoms with Crippen molar-refractivity contribution >= 4 is 12.4 Å². The van der Waals surface area contributed by atoms with Gasteiger partial charge in [0, 0.05) is 0 Å². The summed E-state index contributed by atoms with van der Waals surface area (Å²) in [7, 11) is 0. The minimum absolute atomic E-state index is 0.308. The molecule has 1 radical (unpaired) electrons. The standard InChI is InChI=1S/C10H15O4/c1-2-13-9(12)10(14-8-11)6-4-3-5-7-10/h2-7H2,1H3. The van der Waals surface area contributed by atoms with Crippen molar-refractivity contribution in [1.29, 1.82) is 0 Å². The van der Waals surface area contributed by atoms with Crippen LogP contribution in [0, 0.1) is 0 Å². The van der Waals surface area contributed by atoms with Crippen LogP contribution in [0.5, 0.6) is 0 Å². The highest BCUT2D eigenvalue weighted by Gasteiger charge is 2.43. The normalized spacial score (nSPS) is 19.8. The fraction of sp³-hybridized carbons (Fsp3) is 0.800. The zero-order valence-electron chi connectivity index (χ0n) is 8.38. The first kappa shape index (κ1) is 11.0. The Kier molecular flexibility index (Phi) is 3.92. The SMILES string of the molecule is CCOC(=O)C1(O[C]=O)CCCCC1. The molecule has 1 rings (SSSR count). The Balaban J connectivity index is 2.68. The van der Waals surface area contributed by atoms with Gasteiger partial charge in [0.1, 0.15) is 0 Å². The molecule has 14 heavy (non-hydrogen) atoms. The van der Waals surface area contributed by atoms with E-state index in [4.69, 9.17) is 9.47 Å². The van der Waals surface area contributed by atoms with Crippen LogP contribution >= 0.6 is 0 Å². The van der Waals surface area contributed by atoms with Crippen molar-refractivity contribution in [2.45, 2.75) is 44.6 Å². The van der Waals surface area contributed by atoms with E-state index in [1.165, 1.54) is 6.47 Å². The van der Waals surface area contributed by atoms with Gasteiger partial charge < -0.3 is 9.47 Å². The first-order valence-corrected chi connectivity index (χ1v) is 4.97. The molecular formula is C10H15O4. The zero-order chi connectivity index (χ0) is 10.4. The molecule has 0 amide bonds. The van der Waals surface area contributed by atoms with E-state index < -0.39 is 11.6 Å². The number of hydrogen-bond acceptors (Lipinski definition) is 4. The Labute approximate surface area is 83.6 Å². The largest absolute Gasteiger partial charge is 0.463 e. The molecular weight excluding hydrogens is 184 g/mol. The number of rotatable bonds is 4. The van der Waals surface area contributed by atoms with Gasteiger partial charge in [-0.25, -0.2) is 9.59 Å². The molecule has 0 aromatic rings. The predicted octanol–water partition coefficient (Wildman–Crippen LogP) is 1.34. The summed E-state index contributed by atoms with van der Waals surface area (Å²) >= 11 is 0. The molecule has 0 bridgehead atoms. The molecule has 1 saturated carbocycles. The number of carbonyl (C=O) groups excluding carboxylic acids is 2. The minimum Gasteiger partial charge on any atom is -0.463 e. The van der Waals surface area contributed by atoms with E-state index in [0.29, 0.717) is 19.4 Å². The summed E-state index contributed by atoms with van der Waals surface area (Å²) in [5, 5.41) is 0. The number of carbonyl (C=O) groups is 1. The summed E-state index contributed by atoms with van der Waals surface area (Å²) < 4.78 is 9.70. The van der Waals surface area contributed by atoms with Gasteiger partial charge in [-0.05, 0) is 32.6 Å². The molecule has 0 unspecified atom stereocenters. The van der Waals surface area contributed by atoms with Gasteiger partial charge >= 0.3 is 12.4 Å². The third kappa shape index (κ3) is 2.25. The first-order chi connectivity index (χ1) is 6.75. The summed E-state index contributed by atoms with van der Waals surface area (Å²) in [5.74, 6) is -0.428. The topological polar surface area (TPSA) is 52.6 Å². The van der Waals surface area contributed by atoms with Crippen LogP contribution in [0.25, 0.3) is 0 Å². The molecule has 4 nitrogen and oxygen atoms in total. The lowest BCUT2D eigenvalue weighted by atomic mass is 9.84.